The molecule has 1 saturated heterocycles. The van der Waals surface area contributed by atoms with E-state index in [9.17, 15) is 13.2 Å². The summed E-state index contributed by atoms with van der Waals surface area (Å²) in [7, 11) is 0. The normalized spacial score (nSPS) is 16.5. The Balaban J connectivity index is 0.000000339. The lowest BCUT2D eigenvalue weighted by atomic mass is 9.73. The van der Waals surface area contributed by atoms with Crippen LogP contribution in [-0.2, 0) is 16.8 Å². The van der Waals surface area contributed by atoms with E-state index in [0.29, 0.717) is 0 Å². The molecule has 10 heteroatoms. The van der Waals surface area contributed by atoms with Crippen molar-refractivity contribution in [3.8, 4) is 0 Å². The minimum Gasteiger partial charge on any atom is -0.475 e. The number of hydrogen-bond donors (Lipinski definition) is 2. The van der Waals surface area contributed by atoms with Gasteiger partial charge in [-0.15, -0.1) is 0 Å². The molecule has 6 nitrogen and oxygen atoms in total. The number of benzene rings is 1. The SMILES string of the molecule is NCC1(c2ccccc2)CCN(Cc2nc3cccnc3s2)CC1.O=C(O)C(F)(F)F. The van der Waals surface area contributed by atoms with E-state index in [1.807, 2.05) is 18.3 Å². The van der Waals surface area contributed by atoms with Gasteiger partial charge in [-0.25, -0.2) is 14.8 Å². The first-order valence-corrected chi connectivity index (χ1v) is 10.5. The van der Waals surface area contributed by atoms with Crippen LogP contribution >= 0.6 is 11.3 Å². The molecule has 0 atom stereocenters. The fraction of sp³-hybridized carbons (Fsp3) is 0.381. The number of carboxylic acids is 1. The van der Waals surface area contributed by atoms with Crippen molar-refractivity contribution in [3.63, 3.8) is 0 Å². The lowest BCUT2D eigenvalue weighted by Gasteiger charge is -2.41. The number of thiazole rings is 1. The third-order valence-electron chi connectivity index (χ3n) is 5.40. The van der Waals surface area contributed by atoms with Crippen molar-refractivity contribution in [2.24, 2.45) is 5.73 Å². The molecule has 1 aliphatic rings. The first-order valence-electron chi connectivity index (χ1n) is 9.72. The van der Waals surface area contributed by atoms with Gasteiger partial charge >= 0.3 is 12.1 Å². The molecular formula is C21H23F3N4O2S. The van der Waals surface area contributed by atoms with Crippen molar-refractivity contribution in [2.45, 2.75) is 31.0 Å². The van der Waals surface area contributed by atoms with E-state index in [1.54, 1.807) is 11.3 Å². The number of aromatic nitrogens is 2. The highest BCUT2D eigenvalue weighted by Crippen LogP contribution is 2.35. The second-order valence-electron chi connectivity index (χ2n) is 7.36. The average molecular weight is 453 g/mol. The molecule has 0 unspecified atom stereocenters. The highest BCUT2D eigenvalue weighted by Gasteiger charge is 2.38. The van der Waals surface area contributed by atoms with E-state index in [2.05, 4.69) is 40.2 Å². The van der Waals surface area contributed by atoms with Gasteiger partial charge in [0.1, 0.15) is 15.4 Å². The number of nitrogens with two attached hydrogens (primary N) is 1. The maximum atomic E-state index is 10.6. The number of fused-ring (bicyclic) bond motifs is 1. The fourth-order valence-corrected chi connectivity index (χ4v) is 4.56. The number of aliphatic carboxylic acids is 1. The van der Waals surface area contributed by atoms with E-state index in [0.717, 1.165) is 54.4 Å². The van der Waals surface area contributed by atoms with Gasteiger partial charge in [-0.05, 0) is 43.6 Å². The maximum Gasteiger partial charge on any atom is 0.490 e. The number of carboxylic acid groups (broad SMARTS) is 1. The maximum absolute atomic E-state index is 10.6. The molecule has 3 heterocycles. The summed E-state index contributed by atoms with van der Waals surface area (Å²) in [5, 5.41) is 8.28. The van der Waals surface area contributed by atoms with E-state index >= 15 is 0 Å². The number of alkyl halides is 3. The molecule has 0 aliphatic carbocycles. The van der Waals surface area contributed by atoms with Gasteiger partial charge in [0.25, 0.3) is 0 Å². The molecule has 2 aromatic heterocycles. The molecule has 0 saturated carbocycles. The van der Waals surface area contributed by atoms with Crippen molar-refractivity contribution < 1.29 is 23.1 Å². The lowest BCUT2D eigenvalue weighted by molar-refractivity contribution is -0.192. The van der Waals surface area contributed by atoms with Gasteiger partial charge in [0.15, 0.2) is 0 Å². The van der Waals surface area contributed by atoms with Crippen LogP contribution in [0.2, 0.25) is 0 Å². The summed E-state index contributed by atoms with van der Waals surface area (Å²) in [4.78, 5) is 21.5. The van der Waals surface area contributed by atoms with E-state index in [4.69, 9.17) is 20.6 Å². The van der Waals surface area contributed by atoms with Crippen LogP contribution < -0.4 is 5.73 Å². The number of hydrogen-bond acceptors (Lipinski definition) is 6. The quantitative estimate of drug-likeness (QED) is 0.625. The van der Waals surface area contributed by atoms with Crippen LogP contribution in [-0.4, -0.2) is 51.8 Å². The summed E-state index contributed by atoms with van der Waals surface area (Å²) < 4.78 is 31.7. The Morgan fingerprint density at radius 1 is 1.16 bits per heavy atom. The number of likely N-dealkylation sites (tertiary alicyclic amines) is 1. The third-order valence-corrected chi connectivity index (χ3v) is 6.37. The number of rotatable bonds is 4. The van der Waals surface area contributed by atoms with Gasteiger partial charge in [-0.1, -0.05) is 41.7 Å². The van der Waals surface area contributed by atoms with Crippen LogP contribution in [0.1, 0.15) is 23.4 Å². The lowest BCUT2D eigenvalue weighted by Crippen LogP contribution is -2.46. The molecule has 0 spiro atoms. The number of piperidine rings is 1. The van der Waals surface area contributed by atoms with Gasteiger partial charge in [0.2, 0.25) is 0 Å². The zero-order valence-electron chi connectivity index (χ0n) is 16.7. The van der Waals surface area contributed by atoms with Gasteiger partial charge in [-0.3, -0.25) is 4.90 Å². The van der Waals surface area contributed by atoms with Crippen LogP contribution in [0, 0.1) is 0 Å². The molecule has 1 fully saturated rings. The molecule has 3 aromatic rings. The monoisotopic (exact) mass is 452 g/mol. The summed E-state index contributed by atoms with van der Waals surface area (Å²) in [6, 6.07) is 14.7. The largest absolute Gasteiger partial charge is 0.490 e. The smallest absolute Gasteiger partial charge is 0.475 e. The van der Waals surface area contributed by atoms with Crippen LogP contribution in [0.15, 0.2) is 48.7 Å². The Morgan fingerprint density at radius 2 is 1.81 bits per heavy atom. The van der Waals surface area contributed by atoms with Crippen LogP contribution in [0.5, 0.6) is 0 Å². The molecule has 3 N–H and O–H groups in total. The summed E-state index contributed by atoms with van der Waals surface area (Å²) in [6.07, 6.45) is -1.03. The Hall–Kier alpha value is -2.56. The Kier molecular flexibility index (Phi) is 7.24. The predicted molar refractivity (Wildman–Crippen MR) is 113 cm³/mol. The number of carbonyl (C=O) groups is 1. The summed E-state index contributed by atoms with van der Waals surface area (Å²) in [5.74, 6) is -2.76. The van der Waals surface area contributed by atoms with Gasteiger partial charge in [0, 0.05) is 18.2 Å². The minimum absolute atomic E-state index is 0.132. The Labute approximate surface area is 181 Å². The molecule has 1 aliphatic heterocycles. The molecule has 0 radical (unpaired) electrons. The van der Waals surface area contributed by atoms with E-state index in [1.165, 1.54) is 5.56 Å². The van der Waals surface area contributed by atoms with Crippen LogP contribution in [0.25, 0.3) is 10.3 Å². The zero-order valence-corrected chi connectivity index (χ0v) is 17.5. The fourth-order valence-electron chi connectivity index (χ4n) is 3.62. The van der Waals surface area contributed by atoms with Gasteiger partial charge in [-0.2, -0.15) is 13.2 Å². The minimum atomic E-state index is -5.08. The van der Waals surface area contributed by atoms with Crippen LogP contribution in [0.3, 0.4) is 0 Å². The molecule has 1 aromatic carbocycles. The number of pyridine rings is 1. The zero-order chi connectivity index (χ0) is 22.5. The molecule has 4 rings (SSSR count). The Morgan fingerprint density at radius 3 is 2.35 bits per heavy atom. The highest BCUT2D eigenvalue weighted by atomic mass is 32.1. The highest BCUT2D eigenvalue weighted by molar-refractivity contribution is 7.18. The number of halogens is 3. The van der Waals surface area contributed by atoms with Crippen molar-refractivity contribution in [3.05, 3.63) is 59.2 Å². The molecule has 31 heavy (non-hydrogen) atoms. The topological polar surface area (TPSA) is 92.3 Å². The summed E-state index contributed by atoms with van der Waals surface area (Å²) in [5.41, 5.74) is 8.71. The first kappa shape index (κ1) is 23.1. The van der Waals surface area contributed by atoms with E-state index in [-0.39, 0.29) is 5.41 Å². The third kappa shape index (κ3) is 5.78. The van der Waals surface area contributed by atoms with Crippen LogP contribution in [0.4, 0.5) is 13.2 Å². The summed E-state index contributed by atoms with van der Waals surface area (Å²) in [6.45, 7) is 3.76. The molecule has 166 valence electrons. The summed E-state index contributed by atoms with van der Waals surface area (Å²) >= 11 is 1.70. The van der Waals surface area contributed by atoms with E-state index < -0.39 is 12.1 Å². The average Bonchev–Trinajstić information content (AvgIpc) is 3.17. The van der Waals surface area contributed by atoms with Crippen molar-refractivity contribution in [1.82, 2.24) is 14.9 Å². The predicted octanol–water partition coefficient (Wildman–Crippen LogP) is 3.82. The van der Waals surface area contributed by atoms with Crippen molar-refractivity contribution in [2.75, 3.05) is 19.6 Å². The van der Waals surface area contributed by atoms with Crippen molar-refractivity contribution >= 4 is 27.7 Å². The molecule has 0 amide bonds. The second kappa shape index (κ2) is 9.71. The van der Waals surface area contributed by atoms with Gasteiger partial charge in [0.05, 0.1) is 6.54 Å². The van der Waals surface area contributed by atoms with Gasteiger partial charge < -0.3 is 10.8 Å². The molecule has 0 bridgehead atoms. The molecular weight excluding hydrogens is 429 g/mol. The first-order chi connectivity index (χ1) is 14.7. The number of nitrogens with zero attached hydrogens (tertiary/aromatic N) is 3. The van der Waals surface area contributed by atoms with Crippen molar-refractivity contribution in [1.29, 1.82) is 0 Å². The second-order valence-corrected chi connectivity index (χ2v) is 8.43. The Bertz CT molecular complexity index is 970. The standard InChI is InChI=1S/C19H22N4S.C2HF3O2/c20-14-19(15-5-2-1-3-6-15)8-11-23(12-9-19)13-17-22-16-7-4-10-21-18(16)24-17;3-2(4,5)1(6)7/h1-7,10H,8-9,11-14,20H2;(H,6,7).